The van der Waals surface area contributed by atoms with Gasteiger partial charge in [-0.1, -0.05) is 117 Å². The molecule has 0 aliphatic rings. The van der Waals surface area contributed by atoms with Gasteiger partial charge in [0.15, 0.2) is 0 Å². The van der Waals surface area contributed by atoms with E-state index in [0.717, 1.165) is 38.0 Å². The van der Waals surface area contributed by atoms with E-state index in [9.17, 15) is 4.39 Å². The summed E-state index contributed by atoms with van der Waals surface area (Å²) >= 11 is 0. The Labute approximate surface area is 184 Å². The molecule has 0 amide bonds. The number of unbranched alkanes of at least 4 members (excludes halogenated alkanes) is 16. The van der Waals surface area contributed by atoms with Crippen LogP contribution in [0.25, 0.3) is 0 Å². The van der Waals surface area contributed by atoms with Gasteiger partial charge in [-0.2, -0.15) is 0 Å². The lowest BCUT2D eigenvalue weighted by atomic mass is 10.1. The number of hydrogen-bond donors (Lipinski definition) is 0. The van der Waals surface area contributed by atoms with Gasteiger partial charge < -0.3 is 8.85 Å². The minimum absolute atomic E-state index is 0.164. The number of hydrogen-bond acceptors (Lipinski definition) is 2. The topological polar surface area (TPSA) is 18.5 Å². The summed E-state index contributed by atoms with van der Waals surface area (Å²) in [4.78, 5) is 0. The fourth-order valence-electron chi connectivity index (χ4n) is 4.05. The van der Waals surface area contributed by atoms with Crippen LogP contribution in [0, 0.1) is 0 Å². The molecule has 0 aliphatic heterocycles. The first-order valence-electron chi connectivity index (χ1n) is 13.0. The average Bonchev–Trinajstić information content (AvgIpc) is 2.75. The van der Waals surface area contributed by atoms with Crippen LogP contribution in [-0.4, -0.2) is 29.0 Å². The summed E-state index contributed by atoms with van der Waals surface area (Å²) < 4.78 is 24.3. The zero-order valence-corrected chi connectivity index (χ0v) is 21.3. The highest BCUT2D eigenvalue weighted by Crippen LogP contribution is 2.23. The van der Waals surface area contributed by atoms with Crippen LogP contribution in [-0.2, 0) is 8.85 Å². The molecular formula is C25H53FO2Si. The Bertz CT molecular complexity index is 311. The molecule has 0 aliphatic carbocycles. The summed E-state index contributed by atoms with van der Waals surface area (Å²) in [5, 5.41) is 0. The predicted octanol–water partition coefficient (Wildman–Crippen LogP) is 9.12. The Balaban J connectivity index is 3.58. The van der Waals surface area contributed by atoms with Crippen molar-refractivity contribution in [3.8, 4) is 0 Å². The van der Waals surface area contributed by atoms with Crippen LogP contribution in [0.3, 0.4) is 0 Å². The smallest absolute Gasteiger partial charge is 0.337 e. The first-order valence-corrected chi connectivity index (χ1v) is 15.2. The van der Waals surface area contributed by atoms with E-state index in [4.69, 9.17) is 8.85 Å². The molecule has 176 valence electrons. The highest BCUT2D eigenvalue weighted by Gasteiger charge is 2.33. The van der Waals surface area contributed by atoms with Crippen molar-refractivity contribution < 1.29 is 13.2 Å². The maximum atomic E-state index is 12.1. The minimum atomic E-state index is -1.98. The summed E-state index contributed by atoms with van der Waals surface area (Å²) in [7, 11) is -0.133. The maximum Gasteiger partial charge on any atom is 0.337 e. The standard InChI is InChI=1S/C25H53FO2Si/c1-4-6-7-8-9-10-11-12-13-15-18-21-24-28-29(5-2,27-3)25-22-19-16-14-17-20-23-26/h4-25H2,1-3H3. The Hall–Kier alpha value is 0.0669. The molecule has 0 heterocycles. The van der Waals surface area contributed by atoms with Crippen molar-refractivity contribution in [1.82, 2.24) is 0 Å². The Morgan fingerprint density at radius 3 is 1.48 bits per heavy atom. The lowest BCUT2D eigenvalue weighted by Crippen LogP contribution is -2.40. The third-order valence-electron chi connectivity index (χ3n) is 6.21. The van der Waals surface area contributed by atoms with Gasteiger partial charge in [-0.25, -0.2) is 0 Å². The molecule has 0 aromatic carbocycles. The van der Waals surface area contributed by atoms with Crippen LogP contribution in [0.4, 0.5) is 4.39 Å². The van der Waals surface area contributed by atoms with E-state index >= 15 is 0 Å². The molecule has 4 heteroatoms. The summed E-state index contributed by atoms with van der Waals surface area (Å²) in [6, 6.07) is 2.16. The average molecular weight is 433 g/mol. The molecule has 0 saturated heterocycles. The normalized spacial score (nSPS) is 13.7. The predicted molar refractivity (Wildman–Crippen MR) is 129 cm³/mol. The van der Waals surface area contributed by atoms with E-state index in [0.29, 0.717) is 0 Å². The zero-order chi connectivity index (χ0) is 21.5. The van der Waals surface area contributed by atoms with Gasteiger partial charge in [0, 0.05) is 13.7 Å². The van der Waals surface area contributed by atoms with Gasteiger partial charge in [-0.15, -0.1) is 0 Å². The highest BCUT2D eigenvalue weighted by atomic mass is 28.4. The molecule has 0 saturated carbocycles. The number of rotatable bonds is 24. The van der Waals surface area contributed by atoms with E-state index in [2.05, 4.69) is 13.8 Å². The molecule has 2 nitrogen and oxygen atoms in total. The van der Waals surface area contributed by atoms with Crippen LogP contribution in [0.2, 0.25) is 12.1 Å². The molecular weight excluding hydrogens is 379 g/mol. The summed E-state index contributed by atoms with van der Waals surface area (Å²) in [6.07, 6.45) is 23.1. The second kappa shape index (κ2) is 22.7. The fraction of sp³-hybridized carbons (Fsp3) is 1.00. The largest absolute Gasteiger partial charge is 0.398 e. The van der Waals surface area contributed by atoms with Crippen LogP contribution in [0.5, 0.6) is 0 Å². The molecule has 0 aromatic rings. The Morgan fingerprint density at radius 1 is 0.586 bits per heavy atom. The van der Waals surface area contributed by atoms with E-state index in [1.165, 1.54) is 96.3 Å². The summed E-state index contributed by atoms with van der Waals surface area (Å²) in [5.74, 6) is 0. The van der Waals surface area contributed by atoms with Gasteiger partial charge in [0.2, 0.25) is 0 Å². The maximum absolute atomic E-state index is 12.1. The Morgan fingerprint density at radius 2 is 1.03 bits per heavy atom. The molecule has 0 fully saturated rings. The molecule has 0 aromatic heterocycles. The fourth-order valence-corrected chi connectivity index (χ4v) is 6.67. The van der Waals surface area contributed by atoms with Gasteiger partial charge in [0.25, 0.3) is 0 Å². The van der Waals surface area contributed by atoms with Crippen LogP contribution in [0.1, 0.15) is 129 Å². The molecule has 0 rings (SSSR count). The van der Waals surface area contributed by atoms with Crippen LogP contribution < -0.4 is 0 Å². The molecule has 29 heavy (non-hydrogen) atoms. The van der Waals surface area contributed by atoms with Crippen LogP contribution in [0.15, 0.2) is 0 Å². The summed E-state index contributed by atoms with van der Waals surface area (Å²) in [6.45, 7) is 5.22. The molecule has 0 N–H and O–H groups in total. The first-order chi connectivity index (χ1) is 14.2. The van der Waals surface area contributed by atoms with E-state index in [1.54, 1.807) is 0 Å². The molecule has 0 spiro atoms. The lowest BCUT2D eigenvalue weighted by molar-refractivity contribution is 0.193. The third-order valence-corrected chi connectivity index (χ3v) is 9.88. The highest BCUT2D eigenvalue weighted by molar-refractivity contribution is 6.67. The van der Waals surface area contributed by atoms with Crippen molar-refractivity contribution in [2.45, 2.75) is 142 Å². The van der Waals surface area contributed by atoms with Crippen molar-refractivity contribution in [3.63, 3.8) is 0 Å². The third kappa shape index (κ3) is 18.5. The van der Waals surface area contributed by atoms with E-state index in [1.807, 2.05) is 7.11 Å². The second-order valence-corrected chi connectivity index (χ2v) is 12.5. The lowest BCUT2D eigenvalue weighted by Gasteiger charge is -2.28. The molecule has 1 unspecified atom stereocenters. The number of halogens is 1. The van der Waals surface area contributed by atoms with Gasteiger partial charge in [-0.05, 0) is 24.9 Å². The molecule has 1 atom stereocenters. The van der Waals surface area contributed by atoms with E-state index in [-0.39, 0.29) is 6.67 Å². The SMILES string of the molecule is CCCCCCCCCCCCCCO[Si](CC)(CCCCCCCCF)OC. The first kappa shape index (κ1) is 29.1. The van der Waals surface area contributed by atoms with Crippen LogP contribution >= 0.6 is 0 Å². The zero-order valence-electron chi connectivity index (χ0n) is 20.3. The van der Waals surface area contributed by atoms with Crippen molar-refractivity contribution in [3.05, 3.63) is 0 Å². The van der Waals surface area contributed by atoms with Crippen molar-refractivity contribution in [2.24, 2.45) is 0 Å². The van der Waals surface area contributed by atoms with E-state index < -0.39 is 8.56 Å². The Kier molecular flexibility index (Phi) is 22.8. The monoisotopic (exact) mass is 432 g/mol. The quantitative estimate of drug-likeness (QED) is 0.112. The van der Waals surface area contributed by atoms with Gasteiger partial charge >= 0.3 is 8.56 Å². The molecule has 0 bridgehead atoms. The van der Waals surface area contributed by atoms with Gasteiger partial charge in [0.05, 0.1) is 6.67 Å². The van der Waals surface area contributed by atoms with Crippen molar-refractivity contribution >= 4 is 8.56 Å². The minimum Gasteiger partial charge on any atom is -0.398 e. The van der Waals surface area contributed by atoms with Gasteiger partial charge in [-0.3, -0.25) is 4.39 Å². The van der Waals surface area contributed by atoms with Crippen molar-refractivity contribution in [2.75, 3.05) is 20.4 Å². The van der Waals surface area contributed by atoms with Crippen molar-refractivity contribution in [1.29, 1.82) is 0 Å². The second-order valence-electron chi connectivity index (χ2n) is 8.77. The molecule has 0 radical (unpaired) electrons. The number of alkyl halides is 1. The van der Waals surface area contributed by atoms with Gasteiger partial charge in [0.1, 0.15) is 0 Å². The summed E-state index contributed by atoms with van der Waals surface area (Å²) in [5.41, 5.74) is 0.